The minimum Gasteiger partial charge on any atom is -0.481 e. The lowest BCUT2D eigenvalue weighted by Gasteiger charge is -2.36. The van der Waals surface area contributed by atoms with Gasteiger partial charge in [0.25, 0.3) is 0 Å². The van der Waals surface area contributed by atoms with Crippen LogP contribution < -0.4 is 5.32 Å². The highest BCUT2D eigenvalue weighted by Gasteiger charge is 2.30. The molecule has 2 amide bonds. The summed E-state index contributed by atoms with van der Waals surface area (Å²) >= 11 is 0. The van der Waals surface area contributed by atoms with Gasteiger partial charge in [-0.1, -0.05) is 6.92 Å². The van der Waals surface area contributed by atoms with Crippen molar-refractivity contribution in [2.45, 2.75) is 45.3 Å². The van der Waals surface area contributed by atoms with Crippen molar-refractivity contribution in [3.63, 3.8) is 0 Å². The number of hydrogen-bond acceptors (Lipinski definition) is 3. The Bertz CT molecular complexity index is 344. The number of amides is 2. The van der Waals surface area contributed by atoms with Crippen LogP contribution >= 0.6 is 0 Å². The van der Waals surface area contributed by atoms with Gasteiger partial charge in [0.2, 0.25) is 0 Å². The summed E-state index contributed by atoms with van der Waals surface area (Å²) in [6.45, 7) is 6.42. The summed E-state index contributed by atoms with van der Waals surface area (Å²) in [6, 6.07) is -0.144. The minimum atomic E-state index is -0.896. The molecule has 0 aliphatic carbocycles. The molecular weight excluding hydrogens is 248 g/mol. The summed E-state index contributed by atoms with van der Waals surface area (Å²) in [4.78, 5) is 24.1. The minimum absolute atomic E-state index is 0.0823. The lowest BCUT2D eigenvalue weighted by atomic mass is 9.94. The first-order chi connectivity index (χ1) is 8.71. The summed E-state index contributed by atoms with van der Waals surface area (Å²) in [6.07, 6.45) is 1.55. The quantitative estimate of drug-likeness (QED) is 0.808. The first-order valence-electron chi connectivity index (χ1n) is 6.59. The van der Waals surface area contributed by atoms with Gasteiger partial charge in [0, 0.05) is 26.2 Å². The SMILES string of the molecule is CC(CN(C)C(=O)NC1CCOC(C)(C)C1)C(=O)O. The second kappa shape index (κ2) is 6.23. The number of nitrogens with one attached hydrogen (secondary N) is 1. The molecule has 1 saturated heterocycles. The lowest BCUT2D eigenvalue weighted by Crippen LogP contribution is -2.50. The van der Waals surface area contributed by atoms with Crippen molar-refractivity contribution in [1.29, 1.82) is 0 Å². The van der Waals surface area contributed by atoms with E-state index in [0.29, 0.717) is 6.61 Å². The fraction of sp³-hybridized carbons (Fsp3) is 0.846. The van der Waals surface area contributed by atoms with Crippen LogP contribution in [0, 0.1) is 5.92 Å². The molecule has 1 aliphatic rings. The number of carbonyl (C=O) groups is 2. The van der Waals surface area contributed by atoms with E-state index >= 15 is 0 Å². The van der Waals surface area contributed by atoms with Crippen LogP contribution in [0.4, 0.5) is 4.79 Å². The van der Waals surface area contributed by atoms with Gasteiger partial charge in [0.15, 0.2) is 0 Å². The highest BCUT2D eigenvalue weighted by Crippen LogP contribution is 2.23. The molecule has 0 spiro atoms. The highest BCUT2D eigenvalue weighted by molar-refractivity contribution is 5.76. The van der Waals surface area contributed by atoms with Gasteiger partial charge < -0.3 is 20.1 Å². The zero-order valence-corrected chi connectivity index (χ0v) is 12.1. The van der Waals surface area contributed by atoms with E-state index in [2.05, 4.69) is 5.32 Å². The first kappa shape index (κ1) is 15.8. The number of aliphatic carboxylic acids is 1. The van der Waals surface area contributed by atoms with Crippen LogP contribution in [0.3, 0.4) is 0 Å². The van der Waals surface area contributed by atoms with Gasteiger partial charge in [-0.05, 0) is 26.7 Å². The van der Waals surface area contributed by atoms with Gasteiger partial charge in [-0.2, -0.15) is 0 Å². The molecule has 0 saturated carbocycles. The van der Waals surface area contributed by atoms with Gasteiger partial charge in [0.05, 0.1) is 11.5 Å². The topological polar surface area (TPSA) is 78.9 Å². The Balaban J connectivity index is 2.43. The van der Waals surface area contributed by atoms with Crippen molar-refractivity contribution in [2.75, 3.05) is 20.2 Å². The van der Waals surface area contributed by atoms with E-state index in [0.717, 1.165) is 12.8 Å². The summed E-state index contributed by atoms with van der Waals surface area (Å²) in [5, 5.41) is 11.8. The van der Waals surface area contributed by atoms with Crippen molar-refractivity contribution < 1.29 is 19.4 Å². The molecule has 1 fully saturated rings. The van der Waals surface area contributed by atoms with E-state index in [-0.39, 0.29) is 24.2 Å². The van der Waals surface area contributed by atoms with E-state index < -0.39 is 11.9 Å². The standard InChI is InChI=1S/C13H24N2O4/c1-9(11(16)17)8-15(4)12(18)14-10-5-6-19-13(2,3)7-10/h9-10H,5-8H2,1-4H3,(H,14,18)(H,16,17). The van der Waals surface area contributed by atoms with Crippen molar-refractivity contribution in [3.05, 3.63) is 0 Å². The van der Waals surface area contributed by atoms with Crippen molar-refractivity contribution in [2.24, 2.45) is 5.92 Å². The molecule has 6 heteroatoms. The molecule has 0 bridgehead atoms. The number of nitrogens with zero attached hydrogens (tertiary/aromatic N) is 1. The number of carboxylic acids is 1. The van der Waals surface area contributed by atoms with E-state index in [1.54, 1.807) is 14.0 Å². The van der Waals surface area contributed by atoms with Crippen LogP contribution in [-0.4, -0.2) is 53.8 Å². The van der Waals surface area contributed by atoms with Crippen LogP contribution in [0.1, 0.15) is 33.6 Å². The average Bonchev–Trinajstić information content (AvgIpc) is 2.27. The smallest absolute Gasteiger partial charge is 0.317 e. The van der Waals surface area contributed by atoms with Gasteiger partial charge >= 0.3 is 12.0 Å². The van der Waals surface area contributed by atoms with Crippen LogP contribution in [0.2, 0.25) is 0 Å². The normalized spacial score (nSPS) is 23.5. The molecule has 1 heterocycles. The Morgan fingerprint density at radius 3 is 2.68 bits per heavy atom. The average molecular weight is 272 g/mol. The Hall–Kier alpha value is -1.30. The predicted octanol–water partition coefficient (Wildman–Crippen LogP) is 1.31. The third kappa shape index (κ3) is 5.06. The summed E-state index contributed by atoms with van der Waals surface area (Å²) in [5.41, 5.74) is -0.219. The number of urea groups is 1. The van der Waals surface area contributed by atoms with Crippen molar-refractivity contribution in [3.8, 4) is 0 Å². The summed E-state index contributed by atoms with van der Waals surface area (Å²) in [7, 11) is 1.61. The third-order valence-corrected chi connectivity index (χ3v) is 3.34. The molecular formula is C13H24N2O4. The van der Waals surface area contributed by atoms with E-state index in [1.165, 1.54) is 4.90 Å². The first-order valence-corrected chi connectivity index (χ1v) is 6.59. The Kier molecular flexibility index (Phi) is 5.17. The maximum absolute atomic E-state index is 12.0. The van der Waals surface area contributed by atoms with Gasteiger partial charge in [0.1, 0.15) is 0 Å². The highest BCUT2D eigenvalue weighted by atomic mass is 16.5. The zero-order valence-electron chi connectivity index (χ0n) is 12.1. The second-order valence-electron chi connectivity index (χ2n) is 5.87. The second-order valence-corrected chi connectivity index (χ2v) is 5.87. The number of ether oxygens (including phenoxy) is 1. The molecule has 110 valence electrons. The maximum atomic E-state index is 12.0. The molecule has 19 heavy (non-hydrogen) atoms. The summed E-state index contributed by atoms with van der Waals surface area (Å²) < 4.78 is 5.59. The molecule has 6 nitrogen and oxygen atoms in total. The van der Waals surface area contributed by atoms with Crippen LogP contribution in [0.5, 0.6) is 0 Å². The molecule has 2 atom stereocenters. The number of rotatable bonds is 4. The Labute approximate surface area is 114 Å². The Morgan fingerprint density at radius 1 is 1.53 bits per heavy atom. The lowest BCUT2D eigenvalue weighted by molar-refractivity contribution is -0.141. The Morgan fingerprint density at radius 2 is 2.16 bits per heavy atom. The number of carboxylic acid groups (broad SMARTS) is 1. The monoisotopic (exact) mass is 272 g/mol. The van der Waals surface area contributed by atoms with E-state index in [9.17, 15) is 9.59 Å². The molecule has 2 N–H and O–H groups in total. The molecule has 0 aromatic heterocycles. The van der Waals surface area contributed by atoms with Crippen molar-refractivity contribution >= 4 is 12.0 Å². The fourth-order valence-electron chi connectivity index (χ4n) is 2.21. The fourth-order valence-corrected chi connectivity index (χ4v) is 2.21. The largest absolute Gasteiger partial charge is 0.481 e. The van der Waals surface area contributed by atoms with Gasteiger partial charge in [-0.25, -0.2) is 4.79 Å². The number of hydrogen-bond donors (Lipinski definition) is 2. The van der Waals surface area contributed by atoms with Crippen LogP contribution in [0.15, 0.2) is 0 Å². The molecule has 1 rings (SSSR count). The summed E-state index contributed by atoms with van der Waals surface area (Å²) in [5.74, 6) is -1.46. The molecule has 0 aromatic rings. The third-order valence-electron chi connectivity index (χ3n) is 3.34. The van der Waals surface area contributed by atoms with Crippen molar-refractivity contribution in [1.82, 2.24) is 10.2 Å². The number of carbonyl (C=O) groups excluding carboxylic acids is 1. The molecule has 2 unspecified atom stereocenters. The van der Waals surface area contributed by atoms with E-state index in [1.807, 2.05) is 13.8 Å². The van der Waals surface area contributed by atoms with Gasteiger partial charge in [-0.15, -0.1) is 0 Å². The molecule has 0 aromatic carbocycles. The van der Waals surface area contributed by atoms with Crippen LogP contribution in [-0.2, 0) is 9.53 Å². The molecule has 0 radical (unpaired) electrons. The van der Waals surface area contributed by atoms with Crippen LogP contribution in [0.25, 0.3) is 0 Å². The maximum Gasteiger partial charge on any atom is 0.317 e. The predicted molar refractivity (Wildman–Crippen MR) is 71.0 cm³/mol. The van der Waals surface area contributed by atoms with Gasteiger partial charge in [-0.3, -0.25) is 4.79 Å². The van der Waals surface area contributed by atoms with E-state index in [4.69, 9.17) is 9.84 Å². The zero-order chi connectivity index (χ0) is 14.6. The molecule has 1 aliphatic heterocycles.